The molecule has 0 fully saturated rings. The maximum atomic E-state index is 13.0. The normalized spacial score (nSPS) is 10.8. The largest absolute Gasteiger partial charge is 0.497 e. The monoisotopic (exact) mass is 452 g/mol. The van der Waals surface area contributed by atoms with Gasteiger partial charge in [0.2, 0.25) is 0 Å². The third-order valence-corrected chi connectivity index (χ3v) is 6.38. The first kappa shape index (κ1) is 20.7. The van der Waals surface area contributed by atoms with Crippen molar-refractivity contribution >= 4 is 39.0 Å². The Bertz CT molecular complexity index is 1430. The fourth-order valence-electron chi connectivity index (χ4n) is 3.65. The number of methoxy groups -OCH3 is 1. The number of nitrogen functional groups attached to an aromatic ring is 1. The molecular weight excluding hydrogens is 432 g/mol. The van der Waals surface area contributed by atoms with Crippen LogP contribution < -0.4 is 15.8 Å². The summed E-state index contributed by atoms with van der Waals surface area (Å²) in [5.74, 6) is 0.921. The second-order valence-corrected chi connectivity index (χ2v) is 8.34. The van der Waals surface area contributed by atoms with Crippen molar-refractivity contribution in [2.45, 2.75) is 0 Å². The van der Waals surface area contributed by atoms with Gasteiger partial charge in [-0.25, -0.2) is 9.97 Å². The van der Waals surface area contributed by atoms with Crippen molar-refractivity contribution in [3.8, 4) is 28.1 Å². The van der Waals surface area contributed by atoms with Crippen LogP contribution in [0, 0.1) is 0 Å². The quantitative estimate of drug-likeness (QED) is 0.348. The van der Waals surface area contributed by atoms with Gasteiger partial charge in [0.1, 0.15) is 21.3 Å². The third-order valence-electron chi connectivity index (χ3n) is 5.28. The Morgan fingerprint density at radius 3 is 2.42 bits per heavy atom. The molecule has 3 N–H and O–H groups in total. The SMILES string of the molecule is COc1ccc(-c2cc(-c3ccccc3)nc3sc(C(=O)Nc4ccccn4)c(N)c23)cc1. The van der Waals surface area contributed by atoms with Crippen LogP contribution in [0.1, 0.15) is 9.67 Å². The summed E-state index contributed by atoms with van der Waals surface area (Å²) in [7, 11) is 1.64. The topological polar surface area (TPSA) is 90.1 Å². The van der Waals surface area contributed by atoms with Crippen molar-refractivity contribution in [1.82, 2.24) is 9.97 Å². The van der Waals surface area contributed by atoms with Gasteiger partial charge in [0.25, 0.3) is 5.91 Å². The number of benzene rings is 2. The molecule has 0 bridgehead atoms. The lowest BCUT2D eigenvalue weighted by atomic mass is 9.99. The van der Waals surface area contributed by atoms with Gasteiger partial charge in [-0.2, -0.15) is 0 Å². The summed E-state index contributed by atoms with van der Waals surface area (Å²) in [5, 5.41) is 3.58. The van der Waals surface area contributed by atoms with Crippen LogP contribution in [0.25, 0.3) is 32.6 Å². The molecule has 0 aliphatic carbocycles. The number of ether oxygens (including phenoxy) is 1. The lowest BCUT2D eigenvalue weighted by molar-refractivity contribution is 0.103. The molecule has 7 heteroatoms. The van der Waals surface area contributed by atoms with E-state index in [4.69, 9.17) is 15.5 Å². The molecule has 0 atom stereocenters. The van der Waals surface area contributed by atoms with Crippen LogP contribution in [0.4, 0.5) is 11.5 Å². The van der Waals surface area contributed by atoms with Crippen LogP contribution in [-0.4, -0.2) is 23.0 Å². The summed E-state index contributed by atoms with van der Waals surface area (Å²) >= 11 is 1.28. The number of aromatic nitrogens is 2. The van der Waals surface area contributed by atoms with Gasteiger partial charge in [0.15, 0.2) is 0 Å². The highest BCUT2D eigenvalue weighted by atomic mass is 32.1. The maximum Gasteiger partial charge on any atom is 0.269 e. The zero-order chi connectivity index (χ0) is 22.8. The van der Waals surface area contributed by atoms with Crippen LogP contribution in [-0.2, 0) is 0 Å². The molecule has 33 heavy (non-hydrogen) atoms. The van der Waals surface area contributed by atoms with Crippen LogP contribution in [0.15, 0.2) is 85.1 Å². The number of nitrogens with one attached hydrogen (secondary N) is 1. The van der Waals surface area contributed by atoms with Gasteiger partial charge in [0.05, 0.1) is 18.5 Å². The highest BCUT2D eigenvalue weighted by Gasteiger charge is 2.22. The molecule has 2 aromatic carbocycles. The molecule has 0 aliphatic heterocycles. The number of anilines is 2. The fourth-order valence-corrected chi connectivity index (χ4v) is 4.67. The van der Waals surface area contributed by atoms with Crippen molar-refractivity contribution in [3.63, 3.8) is 0 Å². The van der Waals surface area contributed by atoms with E-state index in [1.807, 2.05) is 66.7 Å². The number of hydrogen-bond acceptors (Lipinski definition) is 6. The molecule has 0 unspecified atom stereocenters. The van der Waals surface area contributed by atoms with E-state index >= 15 is 0 Å². The van der Waals surface area contributed by atoms with Crippen LogP contribution in [0.3, 0.4) is 0 Å². The lowest BCUT2D eigenvalue weighted by Gasteiger charge is -2.10. The summed E-state index contributed by atoms with van der Waals surface area (Å²) in [6.45, 7) is 0. The van der Waals surface area contributed by atoms with Gasteiger partial charge in [-0.15, -0.1) is 11.3 Å². The molecule has 162 valence electrons. The zero-order valence-corrected chi connectivity index (χ0v) is 18.6. The Balaban J connectivity index is 1.68. The number of rotatable bonds is 5. The minimum atomic E-state index is -0.309. The Morgan fingerprint density at radius 1 is 0.970 bits per heavy atom. The molecule has 5 aromatic rings. The van der Waals surface area contributed by atoms with Gasteiger partial charge < -0.3 is 15.8 Å². The predicted molar refractivity (Wildman–Crippen MR) is 134 cm³/mol. The third kappa shape index (κ3) is 4.02. The Kier molecular flexibility index (Phi) is 5.46. The van der Waals surface area contributed by atoms with E-state index in [0.29, 0.717) is 21.2 Å². The average molecular weight is 453 g/mol. The van der Waals surface area contributed by atoms with Crippen LogP contribution in [0.2, 0.25) is 0 Å². The minimum Gasteiger partial charge on any atom is -0.497 e. The second kappa shape index (κ2) is 8.72. The molecule has 0 aliphatic rings. The number of fused-ring (bicyclic) bond motifs is 1. The number of hydrogen-bond donors (Lipinski definition) is 2. The van der Waals surface area contributed by atoms with Gasteiger partial charge >= 0.3 is 0 Å². The van der Waals surface area contributed by atoms with E-state index in [2.05, 4.69) is 10.3 Å². The van der Waals surface area contributed by atoms with Crippen molar-refractivity contribution in [3.05, 3.63) is 89.9 Å². The number of carbonyl (C=O) groups excluding carboxylic acids is 1. The minimum absolute atomic E-state index is 0.309. The molecule has 0 saturated carbocycles. The van der Waals surface area contributed by atoms with E-state index in [1.54, 1.807) is 25.4 Å². The zero-order valence-electron chi connectivity index (χ0n) is 17.8. The number of thiophene rings is 1. The number of carbonyl (C=O) groups is 1. The van der Waals surface area contributed by atoms with Crippen molar-refractivity contribution in [1.29, 1.82) is 0 Å². The molecule has 0 spiro atoms. The highest BCUT2D eigenvalue weighted by molar-refractivity contribution is 7.21. The number of pyridine rings is 2. The van der Waals surface area contributed by atoms with E-state index in [0.717, 1.165) is 33.5 Å². The molecule has 3 heterocycles. The van der Waals surface area contributed by atoms with Gasteiger partial charge in [0, 0.05) is 17.1 Å². The van der Waals surface area contributed by atoms with Crippen molar-refractivity contribution < 1.29 is 9.53 Å². The summed E-state index contributed by atoms with van der Waals surface area (Å²) in [6, 6.07) is 25.1. The molecule has 1 amide bonds. The number of nitrogens with two attached hydrogens (primary N) is 1. The molecule has 5 rings (SSSR count). The first-order valence-corrected chi connectivity index (χ1v) is 11.1. The Hall–Kier alpha value is -4.23. The molecule has 0 radical (unpaired) electrons. The fraction of sp³-hybridized carbons (Fsp3) is 0.0385. The van der Waals surface area contributed by atoms with E-state index in [9.17, 15) is 4.79 Å². The van der Waals surface area contributed by atoms with Crippen LogP contribution in [0.5, 0.6) is 5.75 Å². The molecule has 0 saturated heterocycles. The smallest absolute Gasteiger partial charge is 0.269 e. The lowest BCUT2D eigenvalue weighted by Crippen LogP contribution is -2.12. The molecule has 6 nitrogen and oxygen atoms in total. The van der Waals surface area contributed by atoms with Gasteiger partial charge in [-0.3, -0.25) is 4.79 Å². The summed E-state index contributed by atoms with van der Waals surface area (Å²) in [5.41, 5.74) is 10.6. The molecular formula is C26H20N4O2S. The predicted octanol–water partition coefficient (Wildman–Crippen LogP) is 5.87. The standard InChI is InChI=1S/C26H20N4O2S/c1-32-18-12-10-16(11-13-18)19-15-20(17-7-3-2-4-8-17)29-26-22(19)23(27)24(33-26)25(31)30-21-9-5-6-14-28-21/h2-15H,27H2,1H3,(H,28,30,31). The first-order valence-electron chi connectivity index (χ1n) is 10.3. The van der Waals surface area contributed by atoms with E-state index in [1.165, 1.54) is 11.3 Å². The van der Waals surface area contributed by atoms with E-state index < -0.39 is 0 Å². The number of nitrogens with zero attached hydrogens (tertiary/aromatic N) is 2. The van der Waals surface area contributed by atoms with Crippen LogP contribution >= 0.6 is 11.3 Å². The Labute approximate surface area is 194 Å². The summed E-state index contributed by atoms with van der Waals surface area (Å²) in [4.78, 5) is 23.2. The summed E-state index contributed by atoms with van der Waals surface area (Å²) < 4.78 is 5.31. The highest BCUT2D eigenvalue weighted by Crippen LogP contribution is 2.41. The van der Waals surface area contributed by atoms with Crippen molar-refractivity contribution in [2.75, 3.05) is 18.2 Å². The van der Waals surface area contributed by atoms with E-state index in [-0.39, 0.29) is 5.91 Å². The van der Waals surface area contributed by atoms with Gasteiger partial charge in [-0.1, -0.05) is 48.5 Å². The van der Waals surface area contributed by atoms with Gasteiger partial charge in [-0.05, 0) is 41.5 Å². The second-order valence-electron chi connectivity index (χ2n) is 7.34. The summed E-state index contributed by atoms with van der Waals surface area (Å²) in [6.07, 6.45) is 1.62. The molecule has 3 aromatic heterocycles. The van der Waals surface area contributed by atoms with Crippen molar-refractivity contribution in [2.24, 2.45) is 0 Å². The number of amides is 1. The average Bonchev–Trinajstić information content (AvgIpc) is 3.21. The Morgan fingerprint density at radius 2 is 1.73 bits per heavy atom. The maximum absolute atomic E-state index is 13.0. The first-order chi connectivity index (χ1) is 16.1.